The first-order valence-corrected chi connectivity index (χ1v) is 7.06. The van der Waals surface area contributed by atoms with Crippen molar-refractivity contribution in [3.8, 4) is 0 Å². The zero-order valence-electron chi connectivity index (χ0n) is 12.1. The molecule has 5 nitrogen and oxygen atoms in total. The average Bonchev–Trinajstić information content (AvgIpc) is 2.87. The summed E-state index contributed by atoms with van der Waals surface area (Å²) in [7, 11) is 0. The number of ether oxygens (including phenoxy) is 1. The van der Waals surface area contributed by atoms with Crippen molar-refractivity contribution in [2.75, 3.05) is 25.1 Å². The Kier molecular flexibility index (Phi) is 5.27. The lowest BCUT2D eigenvalue weighted by molar-refractivity contribution is -0.116. The second-order valence-corrected chi connectivity index (χ2v) is 5.57. The number of carbonyl (C=O) groups excluding carboxylic acids is 1. The van der Waals surface area contributed by atoms with E-state index in [2.05, 4.69) is 10.6 Å². The van der Waals surface area contributed by atoms with Gasteiger partial charge in [0.15, 0.2) is 0 Å². The van der Waals surface area contributed by atoms with Crippen molar-refractivity contribution >= 4 is 11.6 Å². The number of benzene rings is 1. The highest BCUT2D eigenvalue weighted by molar-refractivity contribution is 5.91. The summed E-state index contributed by atoms with van der Waals surface area (Å²) < 4.78 is 17.9. The van der Waals surface area contributed by atoms with E-state index in [9.17, 15) is 14.3 Å². The number of anilines is 1. The first-order valence-electron chi connectivity index (χ1n) is 7.06. The quantitative estimate of drug-likeness (QED) is 0.739. The first kappa shape index (κ1) is 15.9. The second kappa shape index (κ2) is 6.98. The van der Waals surface area contributed by atoms with Crippen LogP contribution in [0.4, 0.5) is 10.1 Å². The molecule has 1 saturated heterocycles. The van der Waals surface area contributed by atoms with E-state index in [0.29, 0.717) is 31.9 Å². The molecule has 1 aromatic rings. The van der Waals surface area contributed by atoms with Gasteiger partial charge in [0.05, 0.1) is 6.61 Å². The lowest BCUT2D eigenvalue weighted by atomic mass is 10.0. The van der Waals surface area contributed by atoms with Crippen LogP contribution >= 0.6 is 0 Å². The monoisotopic (exact) mass is 296 g/mol. The molecule has 2 rings (SSSR count). The number of hydrogen-bond acceptors (Lipinski definition) is 4. The molecule has 0 bridgehead atoms. The predicted octanol–water partition coefficient (Wildman–Crippen LogP) is 1.28. The fourth-order valence-electron chi connectivity index (χ4n) is 2.20. The highest BCUT2D eigenvalue weighted by Crippen LogP contribution is 2.17. The van der Waals surface area contributed by atoms with Gasteiger partial charge in [-0.25, -0.2) is 4.39 Å². The standard InChI is InChI=1S/C15H21FN2O3/c1-11(17-9-15(20)6-7-21-10-15)8-14(19)18-13-4-2-12(16)3-5-13/h2-5,11,17,20H,6-10H2,1H3,(H,18,19)/t11-,15+/m0/s1. The van der Waals surface area contributed by atoms with Crippen LogP contribution in [0.25, 0.3) is 0 Å². The van der Waals surface area contributed by atoms with Gasteiger partial charge in [-0.1, -0.05) is 0 Å². The van der Waals surface area contributed by atoms with Crippen molar-refractivity contribution in [2.45, 2.75) is 31.4 Å². The summed E-state index contributed by atoms with van der Waals surface area (Å²) in [6.07, 6.45) is 0.878. The topological polar surface area (TPSA) is 70.6 Å². The fraction of sp³-hybridized carbons (Fsp3) is 0.533. The van der Waals surface area contributed by atoms with Crippen LogP contribution in [0, 0.1) is 5.82 Å². The van der Waals surface area contributed by atoms with Gasteiger partial charge < -0.3 is 20.5 Å². The van der Waals surface area contributed by atoms with Gasteiger partial charge in [0, 0.05) is 37.7 Å². The smallest absolute Gasteiger partial charge is 0.225 e. The molecule has 2 atom stereocenters. The Morgan fingerprint density at radius 3 is 2.81 bits per heavy atom. The maximum Gasteiger partial charge on any atom is 0.225 e. The van der Waals surface area contributed by atoms with Crippen molar-refractivity contribution in [1.29, 1.82) is 0 Å². The van der Waals surface area contributed by atoms with Crippen LogP contribution in [0.3, 0.4) is 0 Å². The number of halogens is 1. The highest BCUT2D eigenvalue weighted by Gasteiger charge is 2.32. The van der Waals surface area contributed by atoms with E-state index in [1.54, 1.807) is 0 Å². The van der Waals surface area contributed by atoms with Crippen molar-refractivity contribution < 1.29 is 19.0 Å². The maximum absolute atomic E-state index is 12.8. The minimum atomic E-state index is -0.832. The molecule has 0 unspecified atom stereocenters. The number of nitrogens with one attached hydrogen (secondary N) is 2. The van der Waals surface area contributed by atoms with E-state index in [1.165, 1.54) is 24.3 Å². The minimum absolute atomic E-state index is 0.0740. The molecular weight excluding hydrogens is 275 g/mol. The van der Waals surface area contributed by atoms with Crippen LogP contribution in [-0.4, -0.2) is 42.4 Å². The number of carbonyl (C=O) groups is 1. The molecule has 116 valence electrons. The summed E-state index contributed by atoms with van der Waals surface area (Å²) in [6.45, 7) is 3.17. The Balaban J connectivity index is 1.72. The van der Waals surface area contributed by atoms with E-state index in [-0.39, 0.29) is 24.2 Å². The Labute approximate surface area is 123 Å². The molecule has 1 amide bonds. The number of rotatable bonds is 6. The summed E-state index contributed by atoms with van der Waals surface area (Å²) in [4.78, 5) is 11.9. The van der Waals surface area contributed by atoms with Crippen LogP contribution in [-0.2, 0) is 9.53 Å². The molecule has 1 fully saturated rings. The average molecular weight is 296 g/mol. The van der Waals surface area contributed by atoms with Crippen LogP contribution in [0.2, 0.25) is 0 Å². The molecule has 0 aromatic heterocycles. The first-order chi connectivity index (χ1) is 9.97. The summed E-state index contributed by atoms with van der Waals surface area (Å²) in [5.74, 6) is -0.494. The zero-order valence-corrected chi connectivity index (χ0v) is 12.1. The lowest BCUT2D eigenvalue weighted by Gasteiger charge is -2.23. The molecule has 21 heavy (non-hydrogen) atoms. The van der Waals surface area contributed by atoms with Crippen LogP contribution in [0.1, 0.15) is 19.8 Å². The molecule has 1 aliphatic rings. The van der Waals surface area contributed by atoms with Crippen LogP contribution in [0.5, 0.6) is 0 Å². The number of hydrogen-bond donors (Lipinski definition) is 3. The molecule has 6 heteroatoms. The van der Waals surface area contributed by atoms with Gasteiger partial charge in [0.2, 0.25) is 5.91 Å². The van der Waals surface area contributed by atoms with E-state index in [1.807, 2.05) is 6.92 Å². The normalized spacial score (nSPS) is 23.0. The molecule has 1 heterocycles. The SMILES string of the molecule is C[C@@H](CC(=O)Nc1ccc(F)cc1)NC[C@]1(O)CCOC1. The molecule has 0 radical (unpaired) electrons. The van der Waals surface area contributed by atoms with Gasteiger partial charge in [0.1, 0.15) is 11.4 Å². The van der Waals surface area contributed by atoms with Gasteiger partial charge >= 0.3 is 0 Å². The van der Waals surface area contributed by atoms with Crippen molar-refractivity contribution in [3.05, 3.63) is 30.1 Å². The second-order valence-electron chi connectivity index (χ2n) is 5.57. The van der Waals surface area contributed by atoms with Gasteiger partial charge in [-0.2, -0.15) is 0 Å². The predicted molar refractivity (Wildman–Crippen MR) is 77.5 cm³/mol. The third-order valence-corrected chi connectivity index (χ3v) is 3.48. The molecule has 1 aromatic carbocycles. The minimum Gasteiger partial charge on any atom is -0.386 e. The van der Waals surface area contributed by atoms with E-state index >= 15 is 0 Å². The Bertz CT molecular complexity index is 472. The fourth-order valence-corrected chi connectivity index (χ4v) is 2.20. The third-order valence-electron chi connectivity index (χ3n) is 3.48. The highest BCUT2D eigenvalue weighted by atomic mass is 19.1. The molecule has 0 aliphatic carbocycles. The Hall–Kier alpha value is -1.50. The number of amides is 1. The number of aliphatic hydroxyl groups is 1. The van der Waals surface area contributed by atoms with Crippen LogP contribution in [0.15, 0.2) is 24.3 Å². The van der Waals surface area contributed by atoms with Crippen LogP contribution < -0.4 is 10.6 Å². The summed E-state index contributed by atoms with van der Waals surface area (Å²) in [5, 5.41) is 16.0. The lowest BCUT2D eigenvalue weighted by Crippen LogP contribution is -2.45. The van der Waals surface area contributed by atoms with Crippen molar-refractivity contribution in [2.24, 2.45) is 0 Å². The van der Waals surface area contributed by atoms with E-state index in [4.69, 9.17) is 4.74 Å². The van der Waals surface area contributed by atoms with Gasteiger partial charge in [-0.05, 0) is 31.2 Å². The van der Waals surface area contributed by atoms with E-state index in [0.717, 1.165) is 0 Å². The van der Waals surface area contributed by atoms with Gasteiger partial charge in [-0.3, -0.25) is 4.79 Å². The summed E-state index contributed by atoms with van der Waals surface area (Å²) in [6, 6.07) is 5.56. The van der Waals surface area contributed by atoms with Crippen molar-refractivity contribution in [3.63, 3.8) is 0 Å². The summed E-state index contributed by atoms with van der Waals surface area (Å²) in [5.41, 5.74) is -0.266. The van der Waals surface area contributed by atoms with Gasteiger partial charge in [-0.15, -0.1) is 0 Å². The molecule has 0 saturated carbocycles. The maximum atomic E-state index is 12.8. The van der Waals surface area contributed by atoms with Crippen molar-refractivity contribution in [1.82, 2.24) is 5.32 Å². The van der Waals surface area contributed by atoms with Gasteiger partial charge in [0.25, 0.3) is 0 Å². The largest absolute Gasteiger partial charge is 0.386 e. The third kappa shape index (κ3) is 5.08. The molecule has 0 spiro atoms. The molecule has 3 N–H and O–H groups in total. The molecular formula is C15H21FN2O3. The van der Waals surface area contributed by atoms with E-state index < -0.39 is 5.60 Å². The Morgan fingerprint density at radius 1 is 1.48 bits per heavy atom. The summed E-state index contributed by atoms with van der Waals surface area (Å²) >= 11 is 0. The Morgan fingerprint density at radius 2 is 2.19 bits per heavy atom. The molecule has 1 aliphatic heterocycles. The zero-order chi connectivity index (χ0) is 15.3.